The number of benzene rings is 1. The molecular formula is C23H27ClN4O3. The lowest BCUT2D eigenvalue weighted by Gasteiger charge is -2.36. The first-order valence-corrected chi connectivity index (χ1v) is 11.0. The number of hydrogen-bond donors (Lipinski definition) is 0. The molecule has 0 bridgehead atoms. The Labute approximate surface area is 187 Å². The maximum absolute atomic E-state index is 12.9. The normalized spacial score (nSPS) is 18.8. The monoisotopic (exact) mass is 442 g/mol. The van der Waals surface area contributed by atoms with Crippen LogP contribution in [0.5, 0.6) is 0 Å². The van der Waals surface area contributed by atoms with Gasteiger partial charge in [0.15, 0.2) is 5.15 Å². The van der Waals surface area contributed by atoms with Gasteiger partial charge in [0.05, 0.1) is 12.8 Å². The van der Waals surface area contributed by atoms with Gasteiger partial charge in [-0.25, -0.2) is 14.8 Å². The third kappa shape index (κ3) is 4.99. The number of aromatic nitrogens is 3. The van der Waals surface area contributed by atoms with Gasteiger partial charge in [-0.2, -0.15) is 0 Å². The minimum absolute atomic E-state index is 0.131. The van der Waals surface area contributed by atoms with Gasteiger partial charge in [-0.3, -0.25) is 4.40 Å². The van der Waals surface area contributed by atoms with E-state index in [2.05, 4.69) is 9.97 Å². The molecule has 0 radical (unpaired) electrons. The molecule has 2 aromatic heterocycles. The van der Waals surface area contributed by atoms with Crippen LogP contribution in [-0.2, 0) is 16.1 Å². The molecule has 164 valence electrons. The molecule has 0 N–H and O–H groups in total. The molecule has 0 saturated heterocycles. The first kappa shape index (κ1) is 21.6. The minimum Gasteiger partial charge on any atom is -0.445 e. The number of carbonyl (C=O) groups excluding carboxylic acids is 1. The number of ether oxygens (including phenoxy) is 2. The molecule has 1 aromatic carbocycles. The summed E-state index contributed by atoms with van der Waals surface area (Å²) in [6.45, 7) is 1.27. The number of halogens is 1. The average molecular weight is 443 g/mol. The Bertz CT molecular complexity index is 1000. The number of nitrogens with zero attached hydrogens (tertiary/aromatic N) is 4. The van der Waals surface area contributed by atoms with Crippen LogP contribution in [0.15, 0.2) is 48.9 Å². The number of methoxy groups -OCH3 is 1. The van der Waals surface area contributed by atoms with Gasteiger partial charge in [-0.15, -0.1) is 0 Å². The number of carbonyl (C=O) groups is 1. The smallest absolute Gasteiger partial charge is 0.410 e. The lowest BCUT2D eigenvalue weighted by Crippen LogP contribution is -2.44. The van der Waals surface area contributed by atoms with Crippen molar-refractivity contribution >= 4 is 23.2 Å². The first-order valence-electron chi connectivity index (χ1n) is 10.6. The average Bonchev–Trinajstić information content (AvgIpc) is 3.25. The van der Waals surface area contributed by atoms with Crippen LogP contribution in [0.25, 0.3) is 5.52 Å². The van der Waals surface area contributed by atoms with E-state index < -0.39 is 0 Å². The summed E-state index contributed by atoms with van der Waals surface area (Å²) in [5, 5.41) is 0.460. The molecule has 1 saturated carbocycles. The Morgan fingerprint density at radius 1 is 1.19 bits per heavy atom. The second-order valence-electron chi connectivity index (χ2n) is 7.82. The van der Waals surface area contributed by atoms with Crippen molar-refractivity contribution in [2.75, 3.05) is 20.3 Å². The van der Waals surface area contributed by atoms with Gasteiger partial charge in [0.2, 0.25) is 0 Å². The summed E-state index contributed by atoms with van der Waals surface area (Å²) in [5.74, 6) is 1.33. The van der Waals surface area contributed by atoms with Crippen LogP contribution in [0.3, 0.4) is 0 Å². The zero-order valence-electron chi connectivity index (χ0n) is 17.6. The highest BCUT2D eigenvalue weighted by atomic mass is 35.5. The van der Waals surface area contributed by atoms with Gasteiger partial charge in [0.25, 0.3) is 0 Å². The second kappa shape index (κ2) is 10.1. The fourth-order valence-corrected chi connectivity index (χ4v) is 4.47. The number of fused-ring (bicyclic) bond motifs is 1. The summed E-state index contributed by atoms with van der Waals surface area (Å²) in [5.41, 5.74) is 1.80. The number of rotatable bonds is 7. The SMILES string of the molecule is COCCN(C(=O)OCc1ccccc1)C1CCC(c2ncc3c(Cl)nccn23)CC1. The predicted octanol–water partition coefficient (Wildman–Crippen LogP) is 4.69. The molecule has 0 aliphatic heterocycles. The van der Waals surface area contributed by atoms with Crippen LogP contribution in [-0.4, -0.2) is 51.7 Å². The zero-order chi connectivity index (χ0) is 21.6. The van der Waals surface area contributed by atoms with Crippen molar-refractivity contribution in [1.29, 1.82) is 0 Å². The van der Waals surface area contributed by atoms with Gasteiger partial charge in [-0.05, 0) is 31.2 Å². The molecule has 0 spiro atoms. The van der Waals surface area contributed by atoms with Crippen LogP contribution in [0.2, 0.25) is 5.15 Å². The van der Waals surface area contributed by atoms with Gasteiger partial charge in [0, 0.05) is 38.0 Å². The first-order chi connectivity index (χ1) is 15.2. The Morgan fingerprint density at radius 2 is 1.97 bits per heavy atom. The fraction of sp³-hybridized carbons (Fsp3) is 0.435. The van der Waals surface area contributed by atoms with Crippen LogP contribution in [0, 0.1) is 0 Å². The molecular weight excluding hydrogens is 416 g/mol. The quantitative estimate of drug-likeness (QED) is 0.530. The summed E-state index contributed by atoms with van der Waals surface area (Å²) in [6.07, 6.45) is 8.77. The molecule has 0 atom stereocenters. The molecule has 1 fully saturated rings. The van der Waals surface area contributed by atoms with Crippen molar-refractivity contribution in [2.45, 2.75) is 44.2 Å². The van der Waals surface area contributed by atoms with E-state index in [1.165, 1.54) is 0 Å². The Hall–Kier alpha value is -2.64. The van der Waals surface area contributed by atoms with E-state index in [0.29, 0.717) is 24.2 Å². The van der Waals surface area contributed by atoms with E-state index in [9.17, 15) is 4.79 Å². The van der Waals surface area contributed by atoms with Crippen molar-refractivity contribution in [3.8, 4) is 0 Å². The Balaban J connectivity index is 1.40. The van der Waals surface area contributed by atoms with Crippen molar-refractivity contribution in [1.82, 2.24) is 19.3 Å². The molecule has 1 aliphatic rings. The molecule has 1 amide bonds. The summed E-state index contributed by atoms with van der Waals surface area (Å²) >= 11 is 6.19. The van der Waals surface area contributed by atoms with Crippen LogP contribution in [0.1, 0.15) is 43.0 Å². The maximum atomic E-state index is 12.9. The third-order valence-electron chi connectivity index (χ3n) is 5.92. The summed E-state index contributed by atoms with van der Waals surface area (Å²) < 4.78 is 12.9. The Morgan fingerprint density at radius 3 is 2.71 bits per heavy atom. The van der Waals surface area contributed by atoms with Crippen molar-refractivity contribution < 1.29 is 14.3 Å². The second-order valence-corrected chi connectivity index (χ2v) is 8.18. The van der Waals surface area contributed by atoms with E-state index in [1.807, 2.05) is 45.8 Å². The fourth-order valence-electron chi connectivity index (χ4n) is 4.28. The van der Waals surface area contributed by atoms with Gasteiger partial charge >= 0.3 is 6.09 Å². The van der Waals surface area contributed by atoms with Gasteiger partial charge in [-0.1, -0.05) is 41.9 Å². The summed E-state index contributed by atoms with van der Waals surface area (Å²) in [7, 11) is 1.65. The minimum atomic E-state index is -0.284. The lowest BCUT2D eigenvalue weighted by atomic mass is 9.85. The van der Waals surface area contributed by atoms with E-state index in [-0.39, 0.29) is 18.7 Å². The van der Waals surface area contributed by atoms with Crippen molar-refractivity contribution in [3.63, 3.8) is 0 Å². The molecule has 7 nitrogen and oxygen atoms in total. The molecule has 3 aromatic rings. The summed E-state index contributed by atoms with van der Waals surface area (Å²) in [6, 6.07) is 9.86. The van der Waals surface area contributed by atoms with E-state index in [1.54, 1.807) is 19.5 Å². The van der Waals surface area contributed by atoms with Crippen molar-refractivity contribution in [2.24, 2.45) is 0 Å². The summed E-state index contributed by atoms with van der Waals surface area (Å²) in [4.78, 5) is 23.4. The molecule has 8 heteroatoms. The highest BCUT2D eigenvalue weighted by Crippen LogP contribution is 2.35. The van der Waals surface area contributed by atoms with Crippen LogP contribution >= 0.6 is 11.6 Å². The molecule has 0 unspecified atom stereocenters. The van der Waals surface area contributed by atoms with Crippen LogP contribution in [0.4, 0.5) is 4.79 Å². The van der Waals surface area contributed by atoms with E-state index in [4.69, 9.17) is 21.1 Å². The standard InChI is InChI=1S/C23H27ClN4O3/c1-30-14-13-27(23(29)31-16-17-5-3-2-4-6-17)19-9-7-18(8-10-19)22-26-15-20-21(24)25-11-12-28(20)22/h2-6,11-12,15,18-19H,7-10,13-14,16H2,1H3. The predicted molar refractivity (Wildman–Crippen MR) is 118 cm³/mol. The highest BCUT2D eigenvalue weighted by molar-refractivity contribution is 6.32. The topological polar surface area (TPSA) is 69.0 Å². The van der Waals surface area contributed by atoms with E-state index >= 15 is 0 Å². The van der Waals surface area contributed by atoms with Gasteiger partial charge < -0.3 is 14.4 Å². The number of imidazole rings is 1. The third-order valence-corrected chi connectivity index (χ3v) is 6.21. The Kier molecular flexibility index (Phi) is 7.04. The molecule has 1 aliphatic carbocycles. The zero-order valence-corrected chi connectivity index (χ0v) is 18.4. The number of hydrogen-bond acceptors (Lipinski definition) is 5. The van der Waals surface area contributed by atoms with Crippen molar-refractivity contribution in [3.05, 3.63) is 65.5 Å². The number of amides is 1. The van der Waals surface area contributed by atoms with E-state index in [0.717, 1.165) is 42.6 Å². The molecule has 2 heterocycles. The highest BCUT2D eigenvalue weighted by Gasteiger charge is 2.31. The lowest BCUT2D eigenvalue weighted by molar-refractivity contribution is 0.0556. The van der Waals surface area contributed by atoms with Gasteiger partial charge in [0.1, 0.15) is 17.9 Å². The molecule has 31 heavy (non-hydrogen) atoms. The maximum Gasteiger partial charge on any atom is 0.410 e. The molecule has 4 rings (SSSR count). The largest absolute Gasteiger partial charge is 0.445 e. The van der Waals surface area contributed by atoms with Crippen LogP contribution < -0.4 is 0 Å².